The smallest absolute Gasteiger partial charge is 0.167 e. The number of nitrogens with zero attached hydrogens (tertiary/aromatic N) is 2. The summed E-state index contributed by atoms with van der Waals surface area (Å²) in [5.41, 5.74) is 3.43. The van der Waals surface area contributed by atoms with Gasteiger partial charge in [0.25, 0.3) is 0 Å². The van der Waals surface area contributed by atoms with Crippen molar-refractivity contribution in [1.29, 1.82) is 5.26 Å². The molecular formula is C17H13N3O. The van der Waals surface area contributed by atoms with Crippen LogP contribution in [-0.2, 0) is 6.54 Å². The highest BCUT2D eigenvalue weighted by Gasteiger charge is 2.06. The maximum atomic E-state index is 8.75. The van der Waals surface area contributed by atoms with Crippen molar-refractivity contribution in [2.75, 3.05) is 5.32 Å². The quantitative estimate of drug-likeness (QED) is 0.786. The fourth-order valence-electron chi connectivity index (χ4n) is 1.99. The summed E-state index contributed by atoms with van der Waals surface area (Å²) < 4.78 is 5.34. The van der Waals surface area contributed by atoms with Gasteiger partial charge in [0, 0.05) is 17.3 Å². The minimum atomic E-state index is 0.572. The predicted molar refractivity (Wildman–Crippen MR) is 80.4 cm³/mol. The van der Waals surface area contributed by atoms with Crippen LogP contribution in [0.5, 0.6) is 0 Å². The monoisotopic (exact) mass is 275 g/mol. The molecule has 0 bridgehead atoms. The van der Waals surface area contributed by atoms with Gasteiger partial charge in [-0.25, -0.2) is 0 Å². The highest BCUT2D eigenvalue weighted by molar-refractivity contribution is 5.57. The van der Waals surface area contributed by atoms with Crippen LogP contribution in [0.2, 0.25) is 0 Å². The van der Waals surface area contributed by atoms with E-state index in [9.17, 15) is 0 Å². The van der Waals surface area contributed by atoms with Crippen LogP contribution in [0.3, 0.4) is 0 Å². The summed E-state index contributed by atoms with van der Waals surface area (Å²) >= 11 is 0. The summed E-state index contributed by atoms with van der Waals surface area (Å²) in [5, 5.41) is 16.1. The van der Waals surface area contributed by atoms with Crippen molar-refractivity contribution in [1.82, 2.24) is 5.16 Å². The summed E-state index contributed by atoms with van der Waals surface area (Å²) in [4.78, 5) is 0. The maximum absolute atomic E-state index is 8.75. The van der Waals surface area contributed by atoms with Crippen LogP contribution >= 0.6 is 0 Å². The van der Waals surface area contributed by atoms with Crippen LogP contribution in [0.15, 0.2) is 65.2 Å². The van der Waals surface area contributed by atoms with Gasteiger partial charge in [0.2, 0.25) is 0 Å². The standard InChI is InChI=1S/C17H13N3O/c18-11-13-6-8-15(9-7-13)19-12-16-10-17(21-20-16)14-4-2-1-3-5-14/h1-10,19H,12H2. The molecule has 0 aliphatic carbocycles. The minimum absolute atomic E-state index is 0.572. The summed E-state index contributed by atoms with van der Waals surface area (Å²) in [5.74, 6) is 0.757. The maximum Gasteiger partial charge on any atom is 0.167 e. The van der Waals surface area contributed by atoms with E-state index in [2.05, 4.69) is 16.5 Å². The van der Waals surface area contributed by atoms with Crippen molar-refractivity contribution in [2.45, 2.75) is 6.54 Å². The van der Waals surface area contributed by atoms with E-state index < -0.39 is 0 Å². The zero-order valence-electron chi connectivity index (χ0n) is 11.3. The Labute approximate surface area is 122 Å². The number of aromatic nitrogens is 1. The van der Waals surface area contributed by atoms with E-state index in [0.29, 0.717) is 12.1 Å². The molecule has 0 fully saturated rings. The zero-order chi connectivity index (χ0) is 14.5. The van der Waals surface area contributed by atoms with Gasteiger partial charge in [-0.1, -0.05) is 35.5 Å². The first-order valence-corrected chi connectivity index (χ1v) is 6.60. The third-order valence-corrected chi connectivity index (χ3v) is 3.10. The van der Waals surface area contributed by atoms with Gasteiger partial charge >= 0.3 is 0 Å². The predicted octanol–water partition coefficient (Wildman–Crippen LogP) is 3.83. The molecule has 0 atom stereocenters. The number of hydrogen-bond donors (Lipinski definition) is 1. The molecule has 0 radical (unpaired) electrons. The molecule has 0 aliphatic rings. The molecule has 0 aliphatic heterocycles. The van der Waals surface area contributed by atoms with Crippen molar-refractivity contribution in [2.24, 2.45) is 0 Å². The summed E-state index contributed by atoms with van der Waals surface area (Å²) in [7, 11) is 0. The van der Waals surface area contributed by atoms with E-state index in [1.807, 2.05) is 48.5 Å². The number of rotatable bonds is 4. The van der Waals surface area contributed by atoms with Gasteiger partial charge in [0.05, 0.1) is 18.2 Å². The molecule has 0 saturated heterocycles. The van der Waals surface area contributed by atoms with Crippen molar-refractivity contribution in [3.8, 4) is 17.4 Å². The van der Waals surface area contributed by atoms with E-state index in [-0.39, 0.29) is 0 Å². The van der Waals surface area contributed by atoms with Crippen LogP contribution in [-0.4, -0.2) is 5.16 Å². The van der Waals surface area contributed by atoms with Crippen molar-refractivity contribution < 1.29 is 4.52 Å². The second kappa shape index (κ2) is 5.93. The van der Waals surface area contributed by atoms with Gasteiger partial charge in [0.15, 0.2) is 5.76 Å². The first-order chi connectivity index (χ1) is 10.3. The molecule has 4 nitrogen and oxygen atoms in total. The normalized spacial score (nSPS) is 10.0. The van der Waals surface area contributed by atoms with E-state index in [1.54, 1.807) is 12.1 Å². The molecule has 0 unspecified atom stereocenters. The summed E-state index contributed by atoms with van der Waals surface area (Å²) in [6, 6.07) is 21.2. The lowest BCUT2D eigenvalue weighted by Gasteiger charge is -2.03. The Hall–Kier alpha value is -3.06. The highest BCUT2D eigenvalue weighted by Crippen LogP contribution is 2.20. The molecule has 0 saturated carbocycles. The lowest BCUT2D eigenvalue weighted by Crippen LogP contribution is -1.99. The molecule has 1 aromatic heterocycles. The van der Waals surface area contributed by atoms with E-state index in [1.165, 1.54) is 0 Å². The molecule has 3 rings (SSSR count). The lowest BCUT2D eigenvalue weighted by atomic mass is 10.1. The van der Waals surface area contributed by atoms with Crippen LogP contribution in [0.4, 0.5) is 5.69 Å². The van der Waals surface area contributed by atoms with Crippen molar-refractivity contribution in [3.05, 3.63) is 71.9 Å². The van der Waals surface area contributed by atoms with E-state index in [4.69, 9.17) is 9.78 Å². The van der Waals surface area contributed by atoms with E-state index in [0.717, 1.165) is 22.7 Å². The fraction of sp³-hybridized carbons (Fsp3) is 0.0588. The Bertz CT molecular complexity index is 755. The van der Waals surface area contributed by atoms with Gasteiger partial charge in [-0.05, 0) is 24.3 Å². The third kappa shape index (κ3) is 3.10. The van der Waals surface area contributed by atoms with Crippen LogP contribution < -0.4 is 5.32 Å². The van der Waals surface area contributed by atoms with Crippen molar-refractivity contribution >= 4 is 5.69 Å². The SMILES string of the molecule is N#Cc1ccc(NCc2cc(-c3ccccc3)on2)cc1. The molecule has 21 heavy (non-hydrogen) atoms. The van der Waals surface area contributed by atoms with Crippen LogP contribution in [0.25, 0.3) is 11.3 Å². The van der Waals surface area contributed by atoms with Crippen LogP contribution in [0, 0.1) is 11.3 Å². The second-order valence-corrected chi connectivity index (χ2v) is 4.59. The molecule has 4 heteroatoms. The Kier molecular flexibility index (Phi) is 3.66. The van der Waals surface area contributed by atoms with Crippen molar-refractivity contribution in [3.63, 3.8) is 0 Å². The Morgan fingerprint density at radius 3 is 2.52 bits per heavy atom. The number of anilines is 1. The van der Waals surface area contributed by atoms with Gasteiger partial charge in [0.1, 0.15) is 5.69 Å². The molecular weight excluding hydrogens is 262 g/mol. The minimum Gasteiger partial charge on any atom is -0.379 e. The molecule has 0 spiro atoms. The first kappa shape index (κ1) is 12.9. The highest BCUT2D eigenvalue weighted by atomic mass is 16.5. The van der Waals surface area contributed by atoms with Gasteiger partial charge in [-0.15, -0.1) is 0 Å². The number of benzene rings is 2. The molecule has 1 heterocycles. The number of hydrogen-bond acceptors (Lipinski definition) is 4. The molecule has 2 aromatic carbocycles. The summed E-state index contributed by atoms with van der Waals surface area (Å²) in [6.45, 7) is 0.572. The number of nitrogens with one attached hydrogen (secondary N) is 1. The Morgan fingerprint density at radius 1 is 1.05 bits per heavy atom. The van der Waals surface area contributed by atoms with Gasteiger partial charge in [-0.3, -0.25) is 0 Å². The topological polar surface area (TPSA) is 61.9 Å². The molecule has 1 N–H and O–H groups in total. The van der Waals surface area contributed by atoms with Crippen LogP contribution in [0.1, 0.15) is 11.3 Å². The molecule has 0 amide bonds. The Morgan fingerprint density at radius 2 is 1.81 bits per heavy atom. The largest absolute Gasteiger partial charge is 0.379 e. The second-order valence-electron chi connectivity index (χ2n) is 4.59. The van der Waals surface area contributed by atoms with Gasteiger partial charge < -0.3 is 9.84 Å². The first-order valence-electron chi connectivity index (χ1n) is 6.60. The fourth-order valence-corrected chi connectivity index (χ4v) is 1.99. The zero-order valence-corrected chi connectivity index (χ0v) is 11.3. The number of nitriles is 1. The van der Waals surface area contributed by atoms with Gasteiger partial charge in [-0.2, -0.15) is 5.26 Å². The van der Waals surface area contributed by atoms with E-state index >= 15 is 0 Å². The molecule has 3 aromatic rings. The average Bonchev–Trinajstić information content (AvgIpc) is 3.03. The third-order valence-electron chi connectivity index (χ3n) is 3.10. The lowest BCUT2D eigenvalue weighted by molar-refractivity contribution is 0.424. The Balaban J connectivity index is 1.66. The summed E-state index contributed by atoms with van der Waals surface area (Å²) in [6.07, 6.45) is 0. The average molecular weight is 275 g/mol. The molecule has 102 valence electrons.